The smallest absolute Gasteiger partial charge is 0.243 e. The molecule has 3 atom stereocenters. The van der Waals surface area contributed by atoms with E-state index in [2.05, 4.69) is 31.8 Å². The quantitative estimate of drug-likeness (QED) is 0.562. The Morgan fingerprint density at radius 1 is 1.15 bits per heavy atom. The van der Waals surface area contributed by atoms with Crippen LogP contribution in [0, 0.1) is 0 Å². The zero-order valence-electron chi connectivity index (χ0n) is 18.7. The van der Waals surface area contributed by atoms with Crippen molar-refractivity contribution >= 4 is 11.8 Å². The van der Waals surface area contributed by atoms with Gasteiger partial charge in [-0.1, -0.05) is 48.0 Å². The largest absolute Gasteiger partial charge is 0.342 e. The van der Waals surface area contributed by atoms with E-state index in [0.29, 0.717) is 17.3 Å². The second-order valence-electron chi connectivity index (χ2n) is 9.05. The molecule has 2 N–H and O–H groups in total. The van der Waals surface area contributed by atoms with E-state index in [1.807, 2.05) is 42.6 Å². The number of carbonyl (C=O) groups excluding carboxylic acids is 2. The highest BCUT2D eigenvalue weighted by molar-refractivity contribution is 5.89. The molecule has 3 heterocycles. The number of likely N-dealkylation sites (tertiary alicyclic amines) is 1. The third-order valence-corrected chi connectivity index (χ3v) is 6.78. The van der Waals surface area contributed by atoms with E-state index in [1.54, 1.807) is 0 Å². The minimum Gasteiger partial charge on any atom is -0.342 e. The van der Waals surface area contributed by atoms with Crippen molar-refractivity contribution in [3.05, 3.63) is 77.4 Å². The van der Waals surface area contributed by atoms with Crippen molar-refractivity contribution in [1.82, 2.24) is 30.6 Å². The molecule has 2 amide bonds. The Labute approximate surface area is 197 Å². The molecule has 1 saturated heterocycles. The van der Waals surface area contributed by atoms with E-state index in [4.69, 9.17) is 0 Å². The van der Waals surface area contributed by atoms with E-state index < -0.39 is 24.2 Å². The van der Waals surface area contributed by atoms with Crippen LogP contribution in [0.1, 0.15) is 60.2 Å². The first-order valence-corrected chi connectivity index (χ1v) is 11.7. The van der Waals surface area contributed by atoms with Crippen LogP contribution in [0.4, 0.5) is 4.39 Å². The minimum absolute atomic E-state index is 0.0181. The first-order chi connectivity index (χ1) is 16.6. The third kappa shape index (κ3) is 4.69. The number of hydrogen-bond acceptors (Lipinski definition) is 5. The first kappa shape index (κ1) is 22.2. The molecule has 0 bridgehead atoms. The first-order valence-electron chi connectivity index (χ1n) is 11.7. The number of pyridine rings is 1. The number of nitrogens with zero attached hydrogens (tertiary/aromatic N) is 4. The molecule has 0 radical (unpaired) electrons. The fraction of sp³-hybridized carbons (Fsp3) is 0.400. The molecule has 9 heteroatoms. The minimum atomic E-state index is -1.25. The highest BCUT2D eigenvalue weighted by Gasteiger charge is 2.40. The standard InChI is InChI=1S/C25H27FN6O2/c26-19-11-22(32(15-19)23(33)12-20-14-28-31-30-20)25(34)29-24(17-5-2-1-3-6-17)21-10-9-18(13-27-21)16-7-4-8-16/h1-3,5-6,9-10,13-14,16,19,22,24H,4,7-8,11-12,15H2,(H,29,34)(H,28,30,31)/t19-,22+,24?/m1/s1. The normalized spacial score (nSPS) is 21.1. The van der Waals surface area contributed by atoms with Crippen molar-refractivity contribution in [3.8, 4) is 0 Å². The average Bonchev–Trinajstić information content (AvgIpc) is 3.47. The van der Waals surface area contributed by atoms with Gasteiger partial charge in [-0.2, -0.15) is 0 Å². The number of amides is 2. The van der Waals surface area contributed by atoms with Gasteiger partial charge in [-0.25, -0.2) is 4.39 Å². The summed E-state index contributed by atoms with van der Waals surface area (Å²) in [7, 11) is 0. The Morgan fingerprint density at radius 2 is 1.97 bits per heavy atom. The maximum absolute atomic E-state index is 14.3. The van der Waals surface area contributed by atoms with Gasteiger partial charge in [-0.3, -0.25) is 19.7 Å². The van der Waals surface area contributed by atoms with Crippen LogP contribution in [0.3, 0.4) is 0 Å². The van der Waals surface area contributed by atoms with Crippen LogP contribution >= 0.6 is 0 Å². The molecule has 1 aliphatic carbocycles. The number of hydrogen-bond donors (Lipinski definition) is 2. The summed E-state index contributed by atoms with van der Waals surface area (Å²) < 4.78 is 14.3. The number of H-pyrrole nitrogens is 1. The second kappa shape index (κ2) is 9.70. The SMILES string of the molecule is O=C(NC(c1ccccc1)c1ccc(C2CCC2)cn1)[C@@H]1C[C@@H](F)CN1C(=O)Cc1cnn[nH]1. The Balaban J connectivity index is 1.35. The number of nitrogens with one attached hydrogen (secondary N) is 2. The molecule has 0 spiro atoms. The lowest BCUT2D eigenvalue weighted by atomic mass is 9.80. The van der Waals surface area contributed by atoms with Gasteiger partial charge in [-0.05, 0) is 36.0 Å². The number of benzene rings is 1. The number of halogens is 1. The molecular weight excluding hydrogens is 435 g/mol. The molecule has 2 fully saturated rings. The fourth-order valence-electron chi connectivity index (χ4n) is 4.66. The predicted molar refractivity (Wildman–Crippen MR) is 122 cm³/mol. The molecule has 1 aliphatic heterocycles. The molecule has 2 aliphatic rings. The lowest BCUT2D eigenvalue weighted by Gasteiger charge is -2.27. The zero-order valence-corrected chi connectivity index (χ0v) is 18.7. The Kier molecular flexibility index (Phi) is 6.33. The van der Waals surface area contributed by atoms with Crippen LogP contribution in [0.15, 0.2) is 54.9 Å². The van der Waals surface area contributed by atoms with Crippen LogP contribution in [0.5, 0.6) is 0 Å². The lowest BCUT2D eigenvalue weighted by molar-refractivity contribution is -0.138. The van der Waals surface area contributed by atoms with Crippen molar-refractivity contribution in [3.63, 3.8) is 0 Å². The summed E-state index contributed by atoms with van der Waals surface area (Å²) in [6.45, 7) is -0.108. The van der Waals surface area contributed by atoms with Crippen LogP contribution in [0.25, 0.3) is 0 Å². The molecular formula is C25H27FN6O2. The van der Waals surface area contributed by atoms with Gasteiger partial charge in [0.1, 0.15) is 12.2 Å². The Hall–Kier alpha value is -3.62. The number of aromatic amines is 1. The number of carbonyl (C=O) groups is 2. The Bertz CT molecular complexity index is 1120. The van der Waals surface area contributed by atoms with E-state index in [-0.39, 0.29) is 25.3 Å². The fourth-order valence-corrected chi connectivity index (χ4v) is 4.66. The maximum Gasteiger partial charge on any atom is 0.243 e. The van der Waals surface area contributed by atoms with E-state index in [0.717, 1.165) is 5.56 Å². The molecule has 5 rings (SSSR count). The van der Waals surface area contributed by atoms with Gasteiger partial charge >= 0.3 is 0 Å². The highest BCUT2D eigenvalue weighted by Crippen LogP contribution is 2.36. The van der Waals surface area contributed by atoms with Gasteiger partial charge in [0.2, 0.25) is 11.8 Å². The highest BCUT2D eigenvalue weighted by atomic mass is 19.1. The van der Waals surface area contributed by atoms with Gasteiger partial charge in [-0.15, -0.1) is 5.10 Å². The predicted octanol–water partition coefficient (Wildman–Crippen LogP) is 2.85. The molecule has 176 valence electrons. The third-order valence-electron chi connectivity index (χ3n) is 6.78. The molecule has 1 aromatic carbocycles. The van der Waals surface area contributed by atoms with Gasteiger partial charge < -0.3 is 10.2 Å². The maximum atomic E-state index is 14.3. The molecule has 8 nitrogen and oxygen atoms in total. The zero-order chi connectivity index (χ0) is 23.5. The number of rotatable bonds is 7. The number of aromatic nitrogens is 4. The van der Waals surface area contributed by atoms with Crippen molar-refractivity contribution < 1.29 is 14.0 Å². The molecule has 1 unspecified atom stereocenters. The van der Waals surface area contributed by atoms with Gasteiger partial charge in [0.05, 0.1) is 36.6 Å². The summed E-state index contributed by atoms with van der Waals surface area (Å²) in [5.41, 5.74) is 3.31. The van der Waals surface area contributed by atoms with Gasteiger partial charge in [0.25, 0.3) is 0 Å². The molecule has 34 heavy (non-hydrogen) atoms. The van der Waals surface area contributed by atoms with Crippen molar-refractivity contribution in [2.45, 2.75) is 56.3 Å². The lowest BCUT2D eigenvalue weighted by Crippen LogP contribution is -2.47. The summed E-state index contributed by atoms with van der Waals surface area (Å²) in [6.07, 6.45) is 5.65. The van der Waals surface area contributed by atoms with Gasteiger partial charge in [0.15, 0.2) is 0 Å². The summed E-state index contributed by atoms with van der Waals surface area (Å²) in [5, 5.41) is 12.9. The van der Waals surface area contributed by atoms with Crippen LogP contribution in [-0.2, 0) is 16.0 Å². The van der Waals surface area contributed by atoms with Crippen LogP contribution in [-0.4, -0.2) is 55.9 Å². The van der Waals surface area contributed by atoms with Crippen molar-refractivity contribution in [2.75, 3.05) is 6.54 Å². The molecule has 2 aromatic heterocycles. The van der Waals surface area contributed by atoms with E-state index in [1.165, 1.54) is 35.9 Å². The number of alkyl halides is 1. The average molecular weight is 463 g/mol. The second-order valence-corrected chi connectivity index (χ2v) is 9.05. The van der Waals surface area contributed by atoms with Crippen molar-refractivity contribution in [1.29, 1.82) is 0 Å². The van der Waals surface area contributed by atoms with E-state index >= 15 is 0 Å². The van der Waals surface area contributed by atoms with Crippen LogP contribution in [0.2, 0.25) is 0 Å². The van der Waals surface area contributed by atoms with Crippen LogP contribution < -0.4 is 5.32 Å². The summed E-state index contributed by atoms with van der Waals surface area (Å²) >= 11 is 0. The topological polar surface area (TPSA) is 104 Å². The van der Waals surface area contributed by atoms with E-state index in [9.17, 15) is 14.0 Å². The summed E-state index contributed by atoms with van der Waals surface area (Å²) in [6, 6.07) is 12.2. The summed E-state index contributed by atoms with van der Waals surface area (Å²) in [5.74, 6) is -0.170. The monoisotopic (exact) mass is 462 g/mol. The summed E-state index contributed by atoms with van der Waals surface area (Å²) in [4.78, 5) is 32.2. The Morgan fingerprint density at radius 3 is 2.62 bits per heavy atom. The van der Waals surface area contributed by atoms with Gasteiger partial charge in [0, 0.05) is 12.6 Å². The molecule has 3 aromatic rings. The molecule has 1 saturated carbocycles. The van der Waals surface area contributed by atoms with Crippen molar-refractivity contribution in [2.24, 2.45) is 0 Å².